The highest BCUT2D eigenvalue weighted by atomic mass is 16.5. The van der Waals surface area contributed by atoms with E-state index in [4.69, 9.17) is 15.6 Å². The molecular weight excluding hydrogens is 412 g/mol. The van der Waals surface area contributed by atoms with Gasteiger partial charge in [-0.25, -0.2) is 0 Å². The maximum atomic E-state index is 12.3. The average molecular weight is 443 g/mol. The first-order valence-electron chi connectivity index (χ1n) is 10.2. The highest BCUT2D eigenvalue weighted by molar-refractivity contribution is 5.91. The Kier molecular flexibility index (Phi) is 11.8. The van der Waals surface area contributed by atoms with Crippen LogP contribution in [0.25, 0.3) is 0 Å². The Balaban J connectivity index is 2.58. The molecule has 0 radical (unpaired) electrons. The molecule has 32 heavy (non-hydrogen) atoms. The molecule has 4 N–H and O–H groups in total. The lowest BCUT2D eigenvalue weighted by Gasteiger charge is -2.17. The number of ketones is 1. The predicted molar refractivity (Wildman–Crippen MR) is 120 cm³/mol. The molecule has 0 unspecified atom stereocenters. The summed E-state index contributed by atoms with van der Waals surface area (Å²) >= 11 is 0. The number of Topliss-reactive ketones (excluding diaryl/α,β-unsaturated/α-hetero) is 1. The summed E-state index contributed by atoms with van der Waals surface area (Å²) in [5.74, 6) is -1.87. The molecule has 2 amide bonds. The normalized spacial score (nSPS) is 11.8. The first-order valence-corrected chi connectivity index (χ1v) is 10.2. The number of carbonyl (C=O) groups is 4. The minimum Gasteiger partial charge on any atom is -0.489 e. The Labute approximate surface area is 187 Å². The molecular formula is C24H30N2O6. The molecule has 0 aliphatic heterocycles. The van der Waals surface area contributed by atoms with E-state index in [1.165, 1.54) is 0 Å². The molecule has 0 aliphatic carbocycles. The summed E-state index contributed by atoms with van der Waals surface area (Å²) in [6.07, 6.45) is 4.90. The molecule has 8 heteroatoms. The van der Waals surface area contributed by atoms with E-state index < -0.39 is 23.7 Å². The first kappa shape index (κ1) is 26.4. The van der Waals surface area contributed by atoms with Crippen LogP contribution in [0.5, 0.6) is 0 Å². The number of hydrogen-bond donors (Lipinski definition) is 3. The minimum absolute atomic E-state index is 0.0413. The van der Waals surface area contributed by atoms with Gasteiger partial charge in [-0.2, -0.15) is 0 Å². The third-order valence-corrected chi connectivity index (χ3v) is 4.54. The van der Waals surface area contributed by atoms with E-state index in [2.05, 4.69) is 18.5 Å². The van der Waals surface area contributed by atoms with Crippen molar-refractivity contribution in [3.8, 4) is 0 Å². The third-order valence-electron chi connectivity index (χ3n) is 4.54. The number of nitrogens with one attached hydrogen (secondary N) is 1. The van der Waals surface area contributed by atoms with Gasteiger partial charge in [0, 0.05) is 25.7 Å². The second-order valence-electron chi connectivity index (χ2n) is 7.10. The van der Waals surface area contributed by atoms with E-state index >= 15 is 0 Å². The predicted octanol–water partition coefficient (Wildman–Crippen LogP) is 2.58. The number of aliphatic carboxylic acids is 1. The van der Waals surface area contributed by atoms with Gasteiger partial charge >= 0.3 is 5.97 Å². The van der Waals surface area contributed by atoms with Crippen molar-refractivity contribution in [3.63, 3.8) is 0 Å². The maximum absolute atomic E-state index is 12.3. The number of carbonyl (C=O) groups excluding carboxylic acids is 3. The van der Waals surface area contributed by atoms with E-state index in [-0.39, 0.29) is 38.0 Å². The van der Waals surface area contributed by atoms with Gasteiger partial charge in [0.2, 0.25) is 11.8 Å². The molecule has 1 atom stereocenters. The Morgan fingerprint density at radius 3 is 2.25 bits per heavy atom. The first-order chi connectivity index (χ1) is 15.2. The number of nitrogens with two attached hydrogens (primary N) is 1. The van der Waals surface area contributed by atoms with Crippen LogP contribution in [0, 0.1) is 0 Å². The zero-order chi connectivity index (χ0) is 23.9. The van der Waals surface area contributed by atoms with Crippen molar-refractivity contribution in [2.24, 2.45) is 5.73 Å². The minimum atomic E-state index is -1.07. The van der Waals surface area contributed by atoms with Crippen LogP contribution in [0.15, 0.2) is 61.4 Å². The summed E-state index contributed by atoms with van der Waals surface area (Å²) in [4.78, 5) is 46.3. The van der Waals surface area contributed by atoms with E-state index in [1.807, 2.05) is 24.3 Å². The van der Waals surface area contributed by atoms with Crippen molar-refractivity contribution in [1.29, 1.82) is 0 Å². The standard InChI is InChI=1S/C24H30N2O6/c1-3-5-19(4-2)32-16-18-8-6-17(7-9-18)10-14-23(29)26-20(11-15-24(30)31)21(27)12-13-22(25)28/h3-9,20H,1-2,10-16H2,(H2,25,28)(H,26,29)(H,30,31)/b19-5+/t20-/m0/s1. The van der Waals surface area contributed by atoms with E-state index in [0.717, 1.165) is 11.1 Å². The lowest BCUT2D eigenvalue weighted by molar-refractivity contribution is -0.138. The van der Waals surface area contributed by atoms with Crippen molar-refractivity contribution in [2.45, 2.75) is 51.2 Å². The molecule has 1 aromatic rings. The lowest BCUT2D eigenvalue weighted by Crippen LogP contribution is -2.41. The SMILES string of the molecule is C=C/C=C(\C=C)OCc1ccc(CCC(=O)N[C@@H](CCC(=O)O)C(=O)CCC(N)=O)cc1. The molecule has 8 nitrogen and oxygen atoms in total. The Bertz CT molecular complexity index is 858. The molecule has 0 aromatic heterocycles. The Hall–Kier alpha value is -3.68. The quantitative estimate of drug-likeness (QED) is 0.266. The van der Waals surface area contributed by atoms with Crippen molar-refractivity contribution in [1.82, 2.24) is 5.32 Å². The fourth-order valence-corrected chi connectivity index (χ4v) is 2.79. The van der Waals surface area contributed by atoms with E-state index in [1.54, 1.807) is 18.2 Å². The zero-order valence-electron chi connectivity index (χ0n) is 18.0. The van der Waals surface area contributed by atoms with Crippen molar-refractivity contribution >= 4 is 23.6 Å². The summed E-state index contributed by atoms with van der Waals surface area (Å²) in [5, 5.41) is 11.4. The number of carboxylic acid groups (broad SMARTS) is 1. The van der Waals surface area contributed by atoms with Gasteiger partial charge in [0.1, 0.15) is 12.4 Å². The van der Waals surface area contributed by atoms with Crippen LogP contribution in [0.2, 0.25) is 0 Å². The van der Waals surface area contributed by atoms with E-state index in [9.17, 15) is 19.2 Å². The summed E-state index contributed by atoms with van der Waals surface area (Å²) < 4.78 is 5.60. The van der Waals surface area contributed by atoms with Crippen LogP contribution in [-0.4, -0.2) is 34.7 Å². The topological polar surface area (TPSA) is 136 Å². The summed E-state index contributed by atoms with van der Waals surface area (Å²) in [6.45, 7) is 7.64. The molecule has 0 saturated heterocycles. The van der Waals surface area contributed by atoms with Crippen molar-refractivity contribution < 1.29 is 29.0 Å². The van der Waals surface area contributed by atoms with Crippen LogP contribution >= 0.6 is 0 Å². The van der Waals surface area contributed by atoms with Gasteiger partial charge in [-0.3, -0.25) is 19.2 Å². The Morgan fingerprint density at radius 2 is 1.69 bits per heavy atom. The number of rotatable bonds is 16. The molecule has 0 spiro atoms. The van der Waals surface area contributed by atoms with Crippen LogP contribution in [0.3, 0.4) is 0 Å². The number of carboxylic acids is 1. The Morgan fingerprint density at radius 1 is 1.03 bits per heavy atom. The fraction of sp³-hybridized carbons (Fsp3) is 0.333. The van der Waals surface area contributed by atoms with Gasteiger partial charge in [-0.1, -0.05) is 43.5 Å². The van der Waals surface area contributed by atoms with Crippen molar-refractivity contribution in [2.75, 3.05) is 0 Å². The van der Waals surface area contributed by atoms with Gasteiger partial charge in [0.25, 0.3) is 0 Å². The number of benzene rings is 1. The van der Waals surface area contributed by atoms with Gasteiger partial charge in [0.15, 0.2) is 5.78 Å². The highest BCUT2D eigenvalue weighted by Gasteiger charge is 2.21. The number of allylic oxidation sites excluding steroid dienone is 3. The number of amides is 2. The summed E-state index contributed by atoms with van der Waals surface area (Å²) in [6, 6.07) is 6.60. The number of aryl methyl sites for hydroxylation is 1. The molecule has 1 rings (SSSR count). The molecule has 0 fully saturated rings. The molecule has 0 heterocycles. The number of hydrogen-bond acceptors (Lipinski definition) is 5. The molecule has 0 aliphatic rings. The van der Waals surface area contributed by atoms with Gasteiger partial charge in [-0.15, -0.1) is 0 Å². The van der Waals surface area contributed by atoms with Gasteiger partial charge < -0.3 is 20.9 Å². The van der Waals surface area contributed by atoms with Gasteiger partial charge in [0.05, 0.1) is 6.04 Å². The van der Waals surface area contributed by atoms with Gasteiger partial charge in [-0.05, 0) is 36.1 Å². The van der Waals surface area contributed by atoms with Crippen LogP contribution in [-0.2, 0) is 36.9 Å². The fourth-order valence-electron chi connectivity index (χ4n) is 2.79. The average Bonchev–Trinajstić information content (AvgIpc) is 2.76. The summed E-state index contributed by atoms with van der Waals surface area (Å²) in [5.41, 5.74) is 6.93. The third kappa shape index (κ3) is 10.9. The lowest BCUT2D eigenvalue weighted by atomic mass is 10.0. The second kappa shape index (κ2) is 14.3. The monoisotopic (exact) mass is 442 g/mol. The maximum Gasteiger partial charge on any atom is 0.303 e. The zero-order valence-corrected chi connectivity index (χ0v) is 18.0. The van der Waals surface area contributed by atoms with Crippen LogP contribution in [0.1, 0.15) is 43.2 Å². The molecule has 172 valence electrons. The summed E-state index contributed by atoms with van der Waals surface area (Å²) in [7, 11) is 0. The smallest absolute Gasteiger partial charge is 0.303 e. The number of ether oxygens (including phenoxy) is 1. The van der Waals surface area contributed by atoms with Crippen LogP contribution < -0.4 is 11.1 Å². The largest absolute Gasteiger partial charge is 0.489 e. The second-order valence-corrected chi connectivity index (χ2v) is 7.10. The molecule has 1 aromatic carbocycles. The highest BCUT2D eigenvalue weighted by Crippen LogP contribution is 2.11. The molecule has 0 saturated carbocycles. The van der Waals surface area contributed by atoms with Crippen molar-refractivity contribution in [3.05, 3.63) is 72.5 Å². The van der Waals surface area contributed by atoms with E-state index in [0.29, 0.717) is 18.8 Å². The van der Waals surface area contributed by atoms with Crippen LogP contribution in [0.4, 0.5) is 0 Å². The molecule has 0 bridgehead atoms. The number of primary amides is 1.